The van der Waals surface area contributed by atoms with Gasteiger partial charge in [0.15, 0.2) is 35.4 Å². The van der Waals surface area contributed by atoms with Gasteiger partial charge in [0.25, 0.3) is 0 Å². The molecule has 1 heterocycles. The molecule has 2 aliphatic rings. The summed E-state index contributed by atoms with van der Waals surface area (Å²) in [5.41, 5.74) is -1.47. The van der Waals surface area contributed by atoms with Crippen LogP contribution in [0.1, 0.15) is 62.5 Å². The van der Waals surface area contributed by atoms with Gasteiger partial charge in [0, 0.05) is 24.0 Å². The second kappa shape index (κ2) is 11.0. The fraction of sp³-hybridized carbons (Fsp3) is 0.538. The Labute approximate surface area is 204 Å². The molecule has 0 N–H and O–H groups in total. The first-order valence-electron chi connectivity index (χ1n) is 12.0. The Morgan fingerprint density at radius 2 is 1.47 bits per heavy atom. The van der Waals surface area contributed by atoms with Gasteiger partial charge in [-0.15, -0.1) is 0 Å². The molecule has 0 radical (unpaired) electrons. The molecule has 2 aromatic carbocycles. The zero-order chi connectivity index (χ0) is 26.0. The van der Waals surface area contributed by atoms with Crippen LogP contribution in [0.4, 0.5) is 30.7 Å². The first-order valence-corrected chi connectivity index (χ1v) is 12.0. The van der Waals surface area contributed by atoms with E-state index in [1.807, 2.05) is 0 Å². The summed E-state index contributed by atoms with van der Waals surface area (Å²) in [4.78, 5) is 0. The Kier molecular flexibility index (Phi) is 8.14. The Morgan fingerprint density at radius 3 is 2.06 bits per heavy atom. The molecule has 0 unspecified atom stereocenters. The molecule has 1 aliphatic heterocycles. The highest BCUT2D eigenvalue weighted by Gasteiger charge is 2.41. The van der Waals surface area contributed by atoms with Crippen molar-refractivity contribution in [1.29, 1.82) is 0 Å². The summed E-state index contributed by atoms with van der Waals surface area (Å²) in [5, 5.41) is 0. The number of halogens is 7. The SMILES string of the molecule is CCCC1COC(C2CCC(c3ccc(C(F)(F)Oc4cc(F)c(F)c(F)c4)c(F)c3F)CC2)OC1. The maximum atomic E-state index is 14.9. The Bertz CT molecular complexity index is 1040. The van der Waals surface area contributed by atoms with Crippen molar-refractivity contribution < 1.29 is 44.9 Å². The van der Waals surface area contributed by atoms with Gasteiger partial charge in [-0.1, -0.05) is 19.4 Å². The van der Waals surface area contributed by atoms with Crippen molar-refractivity contribution in [3.63, 3.8) is 0 Å². The predicted molar refractivity (Wildman–Crippen MR) is 116 cm³/mol. The zero-order valence-electron chi connectivity index (χ0n) is 19.6. The highest BCUT2D eigenvalue weighted by molar-refractivity contribution is 5.33. The highest BCUT2D eigenvalue weighted by Crippen LogP contribution is 2.42. The van der Waals surface area contributed by atoms with Crippen molar-refractivity contribution in [1.82, 2.24) is 0 Å². The molecule has 198 valence electrons. The number of hydrogen-bond donors (Lipinski definition) is 0. The van der Waals surface area contributed by atoms with Crippen LogP contribution in [0.3, 0.4) is 0 Å². The third-order valence-electron chi connectivity index (χ3n) is 6.91. The standard InChI is InChI=1S/C26H27F7O3/c1-2-3-14-12-34-25(35-13-14)16-6-4-15(5-7-16)18-8-9-19(23(30)22(18)29)26(32,33)36-17-10-20(27)24(31)21(28)11-17/h8-11,14-16,25H,2-7,12-13H2,1H3. The lowest BCUT2D eigenvalue weighted by Gasteiger charge is -2.37. The van der Waals surface area contributed by atoms with Crippen molar-refractivity contribution in [3.8, 4) is 5.75 Å². The van der Waals surface area contributed by atoms with Crippen molar-refractivity contribution in [2.75, 3.05) is 13.2 Å². The van der Waals surface area contributed by atoms with E-state index in [1.165, 1.54) is 0 Å². The minimum Gasteiger partial charge on any atom is -0.429 e. The van der Waals surface area contributed by atoms with E-state index in [4.69, 9.17) is 9.47 Å². The van der Waals surface area contributed by atoms with Crippen LogP contribution < -0.4 is 4.74 Å². The minimum absolute atomic E-state index is 0.0298. The van der Waals surface area contributed by atoms with E-state index in [1.54, 1.807) is 0 Å². The molecule has 0 bridgehead atoms. The van der Waals surface area contributed by atoms with Crippen LogP contribution >= 0.6 is 0 Å². The van der Waals surface area contributed by atoms with Crippen molar-refractivity contribution in [3.05, 3.63) is 64.5 Å². The van der Waals surface area contributed by atoms with Gasteiger partial charge in [0.05, 0.1) is 13.2 Å². The number of hydrogen-bond acceptors (Lipinski definition) is 3. The molecule has 2 fully saturated rings. The van der Waals surface area contributed by atoms with Gasteiger partial charge in [-0.25, -0.2) is 22.0 Å². The van der Waals surface area contributed by atoms with E-state index in [-0.39, 0.29) is 35.8 Å². The van der Waals surface area contributed by atoms with Crippen molar-refractivity contribution >= 4 is 0 Å². The Morgan fingerprint density at radius 1 is 0.861 bits per heavy atom. The fourth-order valence-corrected chi connectivity index (χ4v) is 5.01. The maximum absolute atomic E-state index is 14.9. The highest BCUT2D eigenvalue weighted by atomic mass is 19.3. The molecule has 0 spiro atoms. The molecule has 1 aliphatic carbocycles. The fourth-order valence-electron chi connectivity index (χ4n) is 5.01. The van der Waals surface area contributed by atoms with Crippen molar-refractivity contribution in [2.24, 2.45) is 11.8 Å². The monoisotopic (exact) mass is 520 g/mol. The largest absolute Gasteiger partial charge is 0.429 e. The van der Waals surface area contributed by atoms with Gasteiger partial charge in [0.1, 0.15) is 11.3 Å². The first kappa shape index (κ1) is 26.7. The summed E-state index contributed by atoms with van der Waals surface area (Å²) in [6.45, 7) is 3.37. The van der Waals surface area contributed by atoms with Crippen LogP contribution in [0.5, 0.6) is 5.75 Å². The maximum Gasteiger partial charge on any atom is 0.429 e. The van der Waals surface area contributed by atoms with Crippen LogP contribution in [0.15, 0.2) is 24.3 Å². The van der Waals surface area contributed by atoms with Crippen LogP contribution in [-0.4, -0.2) is 19.5 Å². The lowest BCUT2D eigenvalue weighted by Crippen LogP contribution is -2.38. The van der Waals surface area contributed by atoms with Gasteiger partial charge in [-0.05, 0) is 49.7 Å². The molecule has 10 heteroatoms. The van der Waals surface area contributed by atoms with E-state index < -0.39 is 46.5 Å². The Balaban J connectivity index is 1.42. The average Bonchev–Trinajstić information content (AvgIpc) is 2.84. The van der Waals surface area contributed by atoms with Gasteiger partial charge in [0.2, 0.25) is 0 Å². The normalized spacial score (nSPS) is 25.1. The summed E-state index contributed by atoms with van der Waals surface area (Å²) in [6.07, 6.45) is -0.415. The van der Waals surface area contributed by atoms with Gasteiger partial charge < -0.3 is 14.2 Å². The zero-order valence-corrected chi connectivity index (χ0v) is 19.6. The van der Waals surface area contributed by atoms with Gasteiger partial charge >= 0.3 is 6.11 Å². The molecule has 1 saturated heterocycles. The third-order valence-corrected chi connectivity index (χ3v) is 6.91. The summed E-state index contributed by atoms with van der Waals surface area (Å²) in [7, 11) is 0. The van der Waals surface area contributed by atoms with Crippen LogP contribution in [0.2, 0.25) is 0 Å². The molecule has 0 aromatic heterocycles. The van der Waals surface area contributed by atoms with E-state index in [2.05, 4.69) is 11.7 Å². The summed E-state index contributed by atoms with van der Waals surface area (Å²) in [5.74, 6) is -9.60. The summed E-state index contributed by atoms with van der Waals surface area (Å²) < 4.78 is 114. The van der Waals surface area contributed by atoms with Gasteiger partial charge in [-0.3, -0.25) is 0 Å². The lowest BCUT2D eigenvalue weighted by atomic mass is 9.78. The molecule has 36 heavy (non-hydrogen) atoms. The average molecular weight is 520 g/mol. The Hall–Kier alpha value is -2.33. The van der Waals surface area contributed by atoms with E-state index >= 15 is 0 Å². The van der Waals surface area contributed by atoms with Gasteiger partial charge in [-0.2, -0.15) is 8.78 Å². The minimum atomic E-state index is -4.47. The molecular formula is C26H27F7O3. The smallest absolute Gasteiger partial charge is 0.429 e. The molecule has 4 rings (SSSR count). The predicted octanol–water partition coefficient (Wildman–Crippen LogP) is 7.57. The molecule has 3 nitrogen and oxygen atoms in total. The second-order valence-corrected chi connectivity index (χ2v) is 9.45. The summed E-state index contributed by atoms with van der Waals surface area (Å²) in [6, 6.07) is 2.15. The molecular weight excluding hydrogens is 493 g/mol. The van der Waals surface area contributed by atoms with Crippen molar-refractivity contribution in [2.45, 2.75) is 63.8 Å². The quantitative estimate of drug-likeness (QED) is 0.278. The number of rotatable bonds is 7. The van der Waals surface area contributed by atoms with E-state index in [9.17, 15) is 30.7 Å². The second-order valence-electron chi connectivity index (χ2n) is 9.45. The number of alkyl halides is 2. The van der Waals surface area contributed by atoms with Crippen LogP contribution in [-0.2, 0) is 15.6 Å². The lowest BCUT2D eigenvalue weighted by molar-refractivity contribution is -0.229. The van der Waals surface area contributed by atoms with Crippen LogP contribution in [0, 0.1) is 40.9 Å². The molecule has 0 atom stereocenters. The molecule has 1 saturated carbocycles. The van der Waals surface area contributed by atoms with Crippen LogP contribution in [0.25, 0.3) is 0 Å². The topological polar surface area (TPSA) is 27.7 Å². The van der Waals surface area contributed by atoms with E-state index in [0.29, 0.717) is 50.9 Å². The third kappa shape index (κ3) is 5.64. The first-order chi connectivity index (χ1) is 17.1. The number of benzene rings is 2. The summed E-state index contributed by atoms with van der Waals surface area (Å²) >= 11 is 0. The number of ether oxygens (including phenoxy) is 3. The molecule has 0 amide bonds. The van der Waals surface area contributed by atoms with E-state index in [0.717, 1.165) is 18.9 Å². The molecule has 2 aromatic rings.